The molecule has 1 nitrogen and oxygen atoms in total. The van der Waals surface area contributed by atoms with Crippen molar-refractivity contribution in [3.63, 3.8) is 0 Å². The average molecular weight is 247 g/mol. The van der Waals surface area contributed by atoms with Crippen LogP contribution >= 0.6 is 0 Å². The lowest BCUT2D eigenvalue weighted by molar-refractivity contribution is 0.586. The Labute approximate surface area is 105 Å². The van der Waals surface area contributed by atoms with Crippen LogP contribution in [-0.4, -0.2) is 0 Å². The van der Waals surface area contributed by atoms with Crippen molar-refractivity contribution < 1.29 is 8.78 Å². The summed E-state index contributed by atoms with van der Waals surface area (Å²) in [5.41, 5.74) is 2.23. The molecule has 0 aliphatic rings. The molecule has 1 N–H and O–H groups in total. The van der Waals surface area contributed by atoms with Crippen molar-refractivity contribution in [1.82, 2.24) is 0 Å². The number of para-hydroxylation sites is 1. The molecule has 94 valence electrons. The van der Waals surface area contributed by atoms with Gasteiger partial charge in [0, 0.05) is 11.8 Å². The molecular formula is C15H15F2N. The number of anilines is 2. The maximum absolute atomic E-state index is 13.6. The van der Waals surface area contributed by atoms with Gasteiger partial charge in [0.2, 0.25) is 0 Å². The zero-order chi connectivity index (χ0) is 13.1. The summed E-state index contributed by atoms with van der Waals surface area (Å²) >= 11 is 0. The van der Waals surface area contributed by atoms with Gasteiger partial charge in [0.05, 0.1) is 5.69 Å². The highest BCUT2D eigenvalue weighted by molar-refractivity contribution is 5.64. The second kappa shape index (κ2) is 5.17. The minimum Gasteiger partial charge on any atom is -0.353 e. The second-order valence-electron chi connectivity index (χ2n) is 4.49. The minimum absolute atomic E-state index is 0.282. The van der Waals surface area contributed by atoms with Crippen LogP contribution in [-0.2, 0) is 0 Å². The molecule has 0 heterocycles. The van der Waals surface area contributed by atoms with Gasteiger partial charge in [-0.3, -0.25) is 0 Å². The molecule has 0 fully saturated rings. The third-order valence-corrected chi connectivity index (χ3v) is 2.78. The van der Waals surface area contributed by atoms with Crippen molar-refractivity contribution in [3.05, 3.63) is 59.7 Å². The van der Waals surface area contributed by atoms with Crippen LogP contribution < -0.4 is 5.32 Å². The van der Waals surface area contributed by atoms with Crippen molar-refractivity contribution in [2.24, 2.45) is 0 Å². The number of hydrogen-bond donors (Lipinski definition) is 1. The molecule has 2 aromatic rings. The molecule has 2 aromatic carbocycles. The normalized spacial score (nSPS) is 10.7. The first-order valence-electron chi connectivity index (χ1n) is 5.89. The molecule has 0 atom stereocenters. The molecule has 0 bridgehead atoms. The van der Waals surface area contributed by atoms with Crippen LogP contribution in [0.4, 0.5) is 20.2 Å². The minimum atomic E-state index is -0.589. The SMILES string of the molecule is CC(C)c1ccccc1Nc1ccc(F)cc1F. The topological polar surface area (TPSA) is 12.0 Å². The Morgan fingerprint density at radius 2 is 1.67 bits per heavy atom. The van der Waals surface area contributed by atoms with Gasteiger partial charge in [0.15, 0.2) is 0 Å². The zero-order valence-corrected chi connectivity index (χ0v) is 10.4. The van der Waals surface area contributed by atoms with Crippen molar-refractivity contribution in [1.29, 1.82) is 0 Å². The largest absolute Gasteiger partial charge is 0.353 e. The fourth-order valence-corrected chi connectivity index (χ4v) is 1.85. The van der Waals surface area contributed by atoms with Crippen LogP contribution in [0.25, 0.3) is 0 Å². The van der Waals surface area contributed by atoms with E-state index in [-0.39, 0.29) is 5.69 Å². The van der Waals surface area contributed by atoms with E-state index < -0.39 is 11.6 Å². The lowest BCUT2D eigenvalue weighted by atomic mass is 10.0. The second-order valence-corrected chi connectivity index (χ2v) is 4.49. The van der Waals surface area contributed by atoms with E-state index >= 15 is 0 Å². The fraction of sp³-hybridized carbons (Fsp3) is 0.200. The van der Waals surface area contributed by atoms with Crippen LogP contribution in [0.15, 0.2) is 42.5 Å². The van der Waals surface area contributed by atoms with Gasteiger partial charge in [-0.05, 0) is 29.7 Å². The lowest BCUT2D eigenvalue weighted by Gasteiger charge is -2.15. The zero-order valence-electron chi connectivity index (χ0n) is 10.4. The Morgan fingerprint density at radius 3 is 2.33 bits per heavy atom. The maximum atomic E-state index is 13.6. The molecule has 0 aliphatic carbocycles. The molecule has 0 aliphatic heterocycles. The number of hydrogen-bond acceptors (Lipinski definition) is 1. The molecule has 3 heteroatoms. The Hall–Kier alpha value is -1.90. The molecular weight excluding hydrogens is 232 g/mol. The van der Waals surface area contributed by atoms with Crippen LogP contribution in [0, 0.1) is 11.6 Å². The van der Waals surface area contributed by atoms with Crippen LogP contribution in [0.5, 0.6) is 0 Å². The van der Waals surface area contributed by atoms with Crippen molar-refractivity contribution in [2.45, 2.75) is 19.8 Å². The van der Waals surface area contributed by atoms with E-state index in [0.29, 0.717) is 5.92 Å². The van der Waals surface area contributed by atoms with Crippen LogP contribution in [0.1, 0.15) is 25.3 Å². The number of nitrogens with one attached hydrogen (secondary N) is 1. The van der Waals surface area contributed by atoms with Gasteiger partial charge < -0.3 is 5.32 Å². The molecule has 2 rings (SSSR count). The summed E-state index contributed by atoms with van der Waals surface area (Å²) < 4.78 is 26.4. The first-order chi connectivity index (χ1) is 8.58. The van der Waals surface area contributed by atoms with Crippen LogP contribution in [0.2, 0.25) is 0 Å². The first kappa shape index (κ1) is 12.6. The highest BCUT2D eigenvalue weighted by Crippen LogP contribution is 2.28. The van der Waals surface area contributed by atoms with E-state index in [0.717, 1.165) is 17.3 Å². The predicted octanol–water partition coefficient (Wildman–Crippen LogP) is 4.83. The number of halogens is 2. The van der Waals surface area contributed by atoms with Crippen molar-refractivity contribution in [3.8, 4) is 0 Å². The average Bonchev–Trinajstić information content (AvgIpc) is 2.33. The summed E-state index contributed by atoms with van der Waals surface area (Å²) in [6.45, 7) is 4.14. The molecule has 0 aromatic heterocycles. The standard InChI is InChI=1S/C15H15F2N/c1-10(2)12-5-3-4-6-14(12)18-15-8-7-11(16)9-13(15)17/h3-10,18H,1-2H3. The van der Waals surface area contributed by atoms with Gasteiger partial charge in [-0.2, -0.15) is 0 Å². The highest BCUT2D eigenvalue weighted by atomic mass is 19.1. The van der Waals surface area contributed by atoms with Gasteiger partial charge in [-0.25, -0.2) is 8.78 Å². The lowest BCUT2D eigenvalue weighted by Crippen LogP contribution is -1.99. The molecule has 0 saturated carbocycles. The van der Waals surface area contributed by atoms with E-state index in [1.165, 1.54) is 12.1 Å². The fourth-order valence-electron chi connectivity index (χ4n) is 1.85. The Kier molecular flexibility index (Phi) is 3.60. The van der Waals surface area contributed by atoms with Gasteiger partial charge in [0.1, 0.15) is 11.6 Å². The molecule has 0 saturated heterocycles. The van der Waals surface area contributed by atoms with Gasteiger partial charge in [0.25, 0.3) is 0 Å². The summed E-state index contributed by atoms with van der Waals surface area (Å²) in [6, 6.07) is 11.2. The number of benzene rings is 2. The molecule has 0 amide bonds. The Bertz CT molecular complexity index is 550. The van der Waals surface area contributed by atoms with E-state index in [4.69, 9.17) is 0 Å². The molecule has 0 spiro atoms. The summed E-state index contributed by atoms with van der Waals surface area (Å²) in [5, 5.41) is 3.01. The van der Waals surface area contributed by atoms with Gasteiger partial charge in [-0.15, -0.1) is 0 Å². The molecule has 0 radical (unpaired) electrons. The summed E-state index contributed by atoms with van der Waals surface area (Å²) in [7, 11) is 0. The van der Waals surface area contributed by atoms with Crippen molar-refractivity contribution in [2.75, 3.05) is 5.32 Å². The molecule has 0 unspecified atom stereocenters. The van der Waals surface area contributed by atoms with Gasteiger partial charge >= 0.3 is 0 Å². The monoisotopic (exact) mass is 247 g/mol. The van der Waals surface area contributed by atoms with E-state index in [1.807, 2.05) is 24.3 Å². The summed E-state index contributed by atoms with van der Waals surface area (Å²) in [6.07, 6.45) is 0. The van der Waals surface area contributed by atoms with E-state index in [2.05, 4.69) is 19.2 Å². The van der Waals surface area contributed by atoms with E-state index in [1.54, 1.807) is 0 Å². The highest BCUT2D eigenvalue weighted by Gasteiger charge is 2.08. The summed E-state index contributed by atoms with van der Waals surface area (Å²) in [5.74, 6) is -0.832. The summed E-state index contributed by atoms with van der Waals surface area (Å²) in [4.78, 5) is 0. The quantitative estimate of drug-likeness (QED) is 0.819. The Balaban J connectivity index is 2.34. The van der Waals surface area contributed by atoms with Gasteiger partial charge in [-0.1, -0.05) is 32.0 Å². The van der Waals surface area contributed by atoms with Crippen LogP contribution in [0.3, 0.4) is 0 Å². The Morgan fingerprint density at radius 1 is 0.944 bits per heavy atom. The van der Waals surface area contributed by atoms with Crippen molar-refractivity contribution >= 4 is 11.4 Å². The van der Waals surface area contributed by atoms with E-state index in [9.17, 15) is 8.78 Å². The number of rotatable bonds is 3. The first-order valence-corrected chi connectivity index (χ1v) is 5.89. The predicted molar refractivity (Wildman–Crippen MR) is 70.2 cm³/mol. The molecule has 18 heavy (non-hydrogen) atoms. The maximum Gasteiger partial charge on any atom is 0.149 e. The third-order valence-electron chi connectivity index (χ3n) is 2.78. The third kappa shape index (κ3) is 2.67. The smallest absolute Gasteiger partial charge is 0.149 e.